The number of nitrogens with one attached hydrogen (secondary N) is 1. The van der Waals surface area contributed by atoms with Crippen molar-refractivity contribution in [3.05, 3.63) is 29.8 Å². The Balaban J connectivity index is 2.86. The highest BCUT2D eigenvalue weighted by molar-refractivity contribution is 5.97. The van der Waals surface area contributed by atoms with Gasteiger partial charge in [-0.2, -0.15) is 0 Å². The van der Waals surface area contributed by atoms with Crippen molar-refractivity contribution in [3.8, 4) is 0 Å². The molecule has 0 heterocycles. The molecular weight excluding hydrogens is 232 g/mol. The average Bonchev–Trinajstić information content (AvgIpc) is 2.34. The average molecular weight is 250 g/mol. The molecular formula is C13H18N2O3. The van der Waals surface area contributed by atoms with Crippen LogP contribution in [-0.4, -0.2) is 37.1 Å². The van der Waals surface area contributed by atoms with E-state index in [1.165, 1.54) is 4.90 Å². The largest absolute Gasteiger partial charge is 0.480 e. The molecule has 0 spiro atoms. The maximum atomic E-state index is 11.9. The summed E-state index contributed by atoms with van der Waals surface area (Å²) in [5, 5.41) is 11.7. The van der Waals surface area contributed by atoms with Gasteiger partial charge in [0, 0.05) is 18.7 Å². The number of amides is 1. The summed E-state index contributed by atoms with van der Waals surface area (Å²) in [5.74, 6) is -1.22. The van der Waals surface area contributed by atoms with Gasteiger partial charge >= 0.3 is 5.97 Å². The molecule has 1 aromatic rings. The first-order valence-electron chi connectivity index (χ1n) is 5.78. The molecule has 0 saturated carbocycles. The van der Waals surface area contributed by atoms with Gasteiger partial charge in [-0.05, 0) is 26.1 Å². The summed E-state index contributed by atoms with van der Waals surface area (Å²) in [6.45, 7) is 2.15. The fraction of sp³-hybridized carbons (Fsp3) is 0.385. The number of rotatable bonds is 6. The van der Waals surface area contributed by atoms with E-state index >= 15 is 0 Å². The molecule has 18 heavy (non-hydrogen) atoms. The van der Waals surface area contributed by atoms with E-state index in [0.717, 1.165) is 5.56 Å². The van der Waals surface area contributed by atoms with E-state index in [9.17, 15) is 9.59 Å². The molecule has 0 saturated heterocycles. The number of hydrogen-bond donors (Lipinski definition) is 2. The summed E-state index contributed by atoms with van der Waals surface area (Å²) in [7, 11) is 1.75. The normalized spacial score (nSPS) is 10.1. The van der Waals surface area contributed by atoms with Gasteiger partial charge in [0.05, 0.1) is 0 Å². The number of carbonyl (C=O) groups excluding carboxylic acids is 1. The van der Waals surface area contributed by atoms with Gasteiger partial charge in [0.15, 0.2) is 0 Å². The van der Waals surface area contributed by atoms with Crippen LogP contribution in [0.1, 0.15) is 12.0 Å². The highest BCUT2D eigenvalue weighted by Crippen LogP contribution is 2.15. The molecule has 2 N–H and O–H groups in total. The third kappa shape index (κ3) is 4.18. The molecule has 0 bridgehead atoms. The minimum atomic E-state index is -1.02. The van der Waals surface area contributed by atoms with Crippen molar-refractivity contribution >= 4 is 17.6 Å². The quantitative estimate of drug-likeness (QED) is 0.791. The fourth-order valence-electron chi connectivity index (χ4n) is 1.55. The second-order valence-corrected chi connectivity index (χ2v) is 4.06. The van der Waals surface area contributed by atoms with E-state index in [-0.39, 0.29) is 18.9 Å². The van der Waals surface area contributed by atoms with Crippen LogP contribution in [0.3, 0.4) is 0 Å². The fourth-order valence-corrected chi connectivity index (χ4v) is 1.55. The number of carboxylic acids is 1. The number of aliphatic carboxylic acids is 1. The van der Waals surface area contributed by atoms with Gasteiger partial charge in [0.1, 0.15) is 6.54 Å². The van der Waals surface area contributed by atoms with Crippen LogP contribution in [0.15, 0.2) is 24.3 Å². The van der Waals surface area contributed by atoms with Crippen molar-refractivity contribution in [2.45, 2.75) is 13.3 Å². The van der Waals surface area contributed by atoms with Gasteiger partial charge in [-0.3, -0.25) is 9.59 Å². The summed E-state index contributed by atoms with van der Waals surface area (Å²) in [5.41, 5.74) is 1.68. The summed E-state index contributed by atoms with van der Waals surface area (Å²) in [4.78, 5) is 24.1. The Bertz CT molecular complexity index is 415. The van der Waals surface area contributed by atoms with Crippen molar-refractivity contribution in [2.24, 2.45) is 0 Å². The number of benzene rings is 1. The van der Waals surface area contributed by atoms with Crippen LogP contribution < -0.4 is 10.2 Å². The summed E-state index contributed by atoms with van der Waals surface area (Å²) in [6, 6.07) is 7.23. The molecule has 0 unspecified atom stereocenters. The molecule has 0 radical (unpaired) electrons. The Kier molecular flexibility index (Phi) is 5.32. The minimum Gasteiger partial charge on any atom is -0.480 e. The second kappa shape index (κ2) is 6.76. The highest BCUT2D eigenvalue weighted by Gasteiger charge is 2.17. The first-order valence-corrected chi connectivity index (χ1v) is 5.78. The number of anilines is 1. The second-order valence-electron chi connectivity index (χ2n) is 4.06. The summed E-state index contributed by atoms with van der Waals surface area (Å²) < 4.78 is 0. The molecule has 0 fully saturated rings. The van der Waals surface area contributed by atoms with Crippen LogP contribution in [0.5, 0.6) is 0 Å². The zero-order valence-corrected chi connectivity index (χ0v) is 10.6. The SMILES string of the molecule is CNCCC(=O)N(CC(=O)O)c1ccc(C)cc1. The van der Waals surface area contributed by atoms with Gasteiger partial charge in [-0.1, -0.05) is 17.7 Å². The van der Waals surface area contributed by atoms with E-state index in [2.05, 4.69) is 5.32 Å². The highest BCUT2D eigenvalue weighted by atomic mass is 16.4. The monoisotopic (exact) mass is 250 g/mol. The third-order valence-electron chi connectivity index (χ3n) is 2.53. The third-order valence-corrected chi connectivity index (χ3v) is 2.53. The number of hydrogen-bond acceptors (Lipinski definition) is 3. The Morgan fingerprint density at radius 1 is 1.28 bits per heavy atom. The molecule has 0 aliphatic heterocycles. The van der Waals surface area contributed by atoms with Crippen molar-refractivity contribution in [1.29, 1.82) is 0 Å². The molecule has 1 amide bonds. The maximum Gasteiger partial charge on any atom is 0.323 e. The van der Waals surface area contributed by atoms with E-state index in [4.69, 9.17) is 5.11 Å². The lowest BCUT2D eigenvalue weighted by Gasteiger charge is -2.21. The molecule has 5 nitrogen and oxygen atoms in total. The lowest BCUT2D eigenvalue weighted by molar-refractivity contribution is -0.136. The van der Waals surface area contributed by atoms with Gasteiger partial charge in [0.2, 0.25) is 5.91 Å². The van der Waals surface area contributed by atoms with Crippen LogP contribution >= 0.6 is 0 Å². The van der Waals surface area contributed by atoms with Gasteiger partial charge in [0.25, 0.3) is 0 Å². The molecule has 5 heteroatoms. The molecule has 1 rings (SSSR count). The van der Waals surface area contributed by atoms with E-state index in [1.54, 1.807) is 19.2 Å². The summed E-state index contributed by atoms with van der Waals surface area (Å²) >= 11 is 0. The van der Waals surface area contributed by atoms with E-state index in [1.807, 2.05) is 19.1 Å². The Labute approximate surface area is 106 Å². The predicted octanol–water partition coefficient (Wildman–Crippen LogP) is 1.02. The zero-order chi connectivity index (χ0) is 13.5. The van der Waals surface area contributed by atoms with Crippen molar-refractivity contribution in [2.75, 3.05) is 25.0 Å². The van der Waals surface area contributed by atoms with Crippen molar-refractivity contribution < 1.29 is 14.7 Å². The molecule has 0 aliphatic rings. The number of carboxylic acid groups (broad SMARTS) is 1. The van der Waals surface area contributed by atoms with Gasteiger partial charge in [-0.25, -0.2) is 0 Å². The van der Waals surface area contributed by atoms with Crippen molar-refractivity contribution in [1.82, 2.24) is 5.32 Å². The van der Waals surface area contributed by atoms with Crippen LogP contribution in [-0.2, 0) is 9.59 Å². The maximum absolute atomic E-state index is 11.9. The molecule has 0 aliphatic carbocycles. The van der Waals surface area contributed by atoms with Crippen LogP contribution in [0, 0.1) is 6.92 Å². The Morgan fingerprint density at radius 2 is 1.89 bits per heavy atom. The summed E-state index contributed by atoms with van der Waals surface area (Å²) in [6.07, 6.45) is 0.275. The van der Waals surface area contributed by atoms with E-state index < -0.39 is 5.97 Å². The molecule has 98 valence electrons. The number of aryl methyl sites for hydroxylation is 1. The predicted molar refractivity (Wildman–Crippen MR) is 69.7 cm³/mol. The zero-order valence-electron chi connectivity index (χ0n) is 10.6. The topological polar surface area (TPSA) is 69.6 Å². The molecule has 0 atom stereocenters. The lowest BCUT2D eigenvalue weighted by atomic mass is 10.2. The Morgan fingerprint density at radius 3 is 2.39 bits per heavy atom. The Hall–Kier alpha value is -1.88. The first-order chi connectivity index (χ1) is 8.54. The molecule has 0 aromatic heterocycles. The van der Waals surface area contributed by atoms with Crippen LogP contribution in [0.25, 0.3) is 0 Å². The van der Waals surface area contributed by atoms with Crippen LogP contribution in [0.2, 0.25) is 0 Å². The smallest absolute Gasteiger partial charge is 0.323 e. The lowest BCUT2D eigenvalue weighted by Crippen LogP contribution is -2.37. The van der Waals surface area contributed by atoms with Crippen LogP contribution in [0.4, 0.5) is 5.69 Å². The van der Waals surface area contributed by atoms with E-state index in [0.29, 0.717) is 12.2 Å². The number of carbonyl (C=O) groups is 2. The minimum absolute atomic E-state index is 0.199. The first kappa shape index (κ1) is 14.2. The van der Waals surface area contributed by atoms with Gasteiger partial charge in [-0.15, -0.1) is 0 Å². The standard InChI is InChI=1S/C13H18N2O3/c1-10-3-5-11(6-4-10)15(9-13(17)18)12(16)7-8-14-2/h3-6,14H,7-9H2,1-2H3,(H,17,18). The number of nitrogens with zero attached hydrogens (tertiary/aromatic N) is 1. The van der Waals surface area contributed by atoms with Gasteiger partial charge < -0.3 is 15.3 Å². The molecule has 1 aromatic carbocycles. The van der Waals surface area contributed by atoms with Crippen molar-refractivity contribution in [3.63, 3.8) is 0 Å².